The first-order valence-electron chi connectivity index (χ1n) is 12.3. The number of ether oxygens (including phenoxy) is 7. The van der Waals surface area contributed by atoms with Crippen LogP contribution < -0.4 is 28.4 Å². The Hall–Kier alpha value is -3.59. The minimum absolute atomic E-state index is 0.322. The van der Waals surface area contributed by atoms with Gasteiger partial charge in [0.05, 0.1) is 42.7 Å². The molecule has 0 saturated heterocycles. The van der Waals surface area contributed by atoms with Crippen molar-refractivity contribution in [2.75, 3.05) is 42.7 Å². The van der Waals surface area contributed by atoms with E-state index in [1.807, 2.05) is 13.0 Å². The summed E-state index contributed by atoms with van der Waals surface area (Å²) in [7, 11) is 9.13. The van der Waals surface area contributed by atoms with Gasteiger partial charge < -0.3 is 38.3 Å². The molecule has 0 heterocycles. The van der Waals surface area contributed by atoms with Gasteiger partial charge in [-0.1, -0.05) is 13.0 Å². The second-order valence-electron chi connectivity index (χ2n) is 9.38. The Kier molecular flexibility index (Phi) is 8.72. The molecule has 0 aromatic heterocycles. The summed E-state index contributed by atoms with van der Waals surface area (Å²) in [6.45, 7) is 6.98. The lowest BCUT2D eigenvalue weighted by atomic mass is 9.73. The maximum atomic E-state index is 13.1. The number of esters is 1. The Labute approximate surface area is 224 Å². The van der Waals surface area contributed by atoms with Gasteiger partial charge in [0.2, 0.25) is 11.5 Å². The third kappa shape index (κ3) is 4.71. The number of hydrogen-bond acceptors (Lipinski definition) is 9. The number of rotatable bonds is 8. The highest BCUT2D eigenvalue weighted by atomic mass is 16.6. The fraction of sp³-hybridized carbons (Fsp3) is 0.483. The van der Waals surface area contributed by atoms with Crippen LogP contribution in [-0.2, 0) is 16.0 Å². The summed E-state index contributed by atoms with van der Waals surface area (Å²) in [5.74, 6) is 1.33. The van der Waals surface area contributed by atoms with Gasteiger partial charge in [-0.2, -0.15) is 0 Å². The molecule has 0 saturated carbocycles. The first-order chi connectivity index (χ1) is 18.0. The molecule has 0 spiro atoms. The maximum Gasteiger partial charge on any atom is 0.334 e. The van der Waals surface area contributed by atoms with E-state index in [1.165, 1.54) is 35.5 Å². The van der Waals surface area contributed by atoms with E-state index in [-0.39, 0.29) is 5.92 Å². The maximum absolute atomic E-state index is 13.1. The molecule has 2 aromatic carbocycles. The zero-order valence-corrected chi connectivity index (χ0v) is 23.8. The van der Waals surface area contributed by atoms with E-state index in [0.29, 0.717) is 63.2 Å². The Morgan fingerprint density at radius 2 is 1.37 bits per heavy atom. The molecule has 9 nitrogen and oxygen atoms in total. The Bertz CT molecular complexity index is 1230. The van der Waals surface area contributed by atoms with Crippen LogP contribution in [0.5, 0.6) is 34.5 Å². The van der Waals surface area contributed by atoms with Crippen molar-refractivity contribution in [2.45, 2.75) is 45.8 Å². The topological polar surface area (TPSA) is 102 Å². The van der Waals surface area contributed by atoms with Crippen LogP contribution in [0.4, 0.5) is 0 Å². The van der Waals surface area contributed by atoms with E-state index in [9.17, 15) is 9.90 Å². The van der Waals surface area contributed by atoms with Gasteiger partial charge in [-0.25, -0.2) is 4.79 Å². The average Bonchev–Trinajstić information content (AvgIpc) is 2.92. The van der Waals surface area contributed by atoms with Crippen LogP contribution in [-0.4, -0.2) is 59.3 Å². The molecule has 0 fully saturated rings. The predicted molar refractivity (Wildman–Crippen MR) is 143 cm³/mol. The number of methoxy groups -OCH3 is 6. The molecule has 38 heavy (non-hydrogen) atoms. The van der Waals surface area contributed by atoms with Crippen LogP contribution in [0.25, 0.3) is 11.1 Å². The van der Waals surface area contributed by atoms with Gasteiger partial charge in [0.25, 0.3) is 0 Å². The molecular weight excluding hydrogens is 492 g/mol. The molecule has 3 atom stereocenters. The largest absolute Gasteiger partial charge is 0.493 e. The summed E-state index contributed by atoms with van der Waals surface area (Å²) in [4.78, 5) is 13.1. The van der Waals surface area contributed by atoms with Gasteiger partial charge in [0.15, 0.2) is 29.1 Å². The van der Waals surface area contributed by atoms with Gasteiger partial charge in [0.1, 0.15) is 5.60 Å². The number of aliphatic hydroxyl groups is 1. The fourth-order valence-electron chi connectivity index (χ4n) is 4.89. The summed E-state index contributed by atoms with van der Waals surface area (Å²) < 4.78 is 40.5. The van der Waals surface area contributed by atoms with E-state index < -0.39 is 17.7 Å². The van der Waals surface area contributed by atoms with Crippen molar-refractivity contribution in [1.82, 2.24) is 0 Å². The molecule has 9 heteroatoms. The van der Waals surface area contributed by atoms with Crippen molar-refractivity contribution >= 4 is 5.97 Å². The van der Waals surface area contributed by atoms with Gasteiger partial charge in [0, 0.05) is 22.3 Å². The standard InChI is InChI=1S/C29H38O9/c1-11-15(2)28(30)38-27-18-14-20(33-6)24(35-8)26(37-10)22(18)21-17(12-16(3)29(27,4)31)13-19(32-5)23(34-7)25(21)36-9/h11,13-14,16,27,31H,12H2,1-10H3/t16-,27+,29-/m0/s1. The van der Waals surface area contributed by atoms with E-state index in [2.05, 4.69) is 0 Å². The van der Waals surface area contributed by atoms with E-state index in [0.717, 1.165) is 5.56 Å². The predicted octanol–water partition coefficient (Wildman–Crippen LogP) is 4.90. The third-order valence-corrected chi connectivity index (χ3v) is 7.34. The molecule has 2 aromatic rings. The molecular formula is C29H38O9. The van der Waals surface area contributed by atoms with Crippen molar-refractivity contribution < 1.29 is 43.1 Å². The Morgan fingerprint density at radius 3 is 1.84 bits per heavy atom. The number of benzene rings is 2. The SMILES string of the molecule is CC=C(C)C(=O)O[C@@H]1c2cc(OC)c(OC)c(OC)c2-c2c(cc(OC)c(OC)c2OC)C[C@H](C)[C@]1(C)O. The minimum Gasteiger partial charge on any atom is -0.493 e. The Balaban J connectivity index is 2.60. The minimum atomic E-state index is -1.50. The third-order valence-electron chi connectivity index (χ3n) is 7.34. The normalized spacial score (nSPS) is 20.8. The smallest absolute Gasteiger partial charge is 0.334 e. The highest BCUT2D eigenvalue weighted by Crippen LogP contribution is 2.58. The van der Waals surface area contributed by atoms with Crippen molar-refractivity contribution in [3.8, 4) is 45.6 Å². The summed E-state index contributed by atoms with van der Waals surface area (Å²) in [5.41, 5.74) is 1.34. The van der Waals surface area contributed by atoms with E-state index in [1.54, 1.807) is 40.0 Å². The molecule has 208 valence electrons. The van der Waals surface area contributed by atoms with E-state index >= 15 is 0 Å². The monoisotopic (exact) mass is 530 g/mol. The van der Waals surface area contributed by atoms with Crippen LogP contribution in [0.1, 0.15) is 44.9 Å². The van der Waals surface area contributed by atoms with Crippen molar-refractivity contribution in [3.63, 3.8) is 0 Å². The highest BCUT2D eigenvalue weighted by Gasteiger charge is 2.47. The van der Waals surface area contributed by atoms with Crippen molar-refractivity contribution in [3.05, 3.63) is 34.9 Å². The van der Waals surface area contributed by atoms with Gasteiger partial charge in [-0.05, 0) is 50.8 Å². The summed E-state index contributed by atoms with van der Waals surface area (Å²) in [6.07, 6.45) is 0.955. The number of allylic oxidation sites excluding steroid dienone is 1. The molecule has 0 radical (unpaired) electrons. The molecule has 1 aliphatic rings. The summed E-state index contributed by atoms with van der Waals surface area (Å²) in [6, 6.07) is 3.56. The lowest BCUT2D eigenvalue weighted by Crippen LogP contribution is -2.44. The lowest BCUT2D eigenvalue weighted by molar-refractivity contribution is -0.166. The number of fused-ring (bicyclic) bond motifs is 3. The van der Waals surface area contributed by atoms with E-state index in [4.69, 9.17) is 33.2 Å². The van der Waals surface area contributed by atoms with Gasteiger partial charge in [-0.15, -0.1) is 0 Å². The fourth-order valence-corrected chi connectivity index (χ4v) is 4.89. The average molecular weight is 531 g/mol. The van der Waals surface area contributed by atoms with Gasteiger partial charge in [-0.3, -0.25) is 0 Å². The molecule has 0 unspecified atom stereocenters. The second kappa shape index (κ2) is 11.4. The number of carbonyl (C=O) groups excluding carboxylic acids is 1. The highest BCUT2D eigenvalue weighted by molar-refractivity contribution is 5.90. The van der Waals surface area contributed by atoms with Crippen molar-refractivity contribution in [1.29, 1.82) is 0 Å². The molecule has 1 aliphatic carbocycles. The quantitative estimate of drug-likeness (QED) is 0.377. The summed E-state index contributed by atoms with van der Waals surface area (Å²) >= 11 is 0. The first kappa shape index (κ1) is 29.0. The zero-order valence-electron chi connectivity index (χ0n) is 23.8. The molecule has 0 bridgehead atoms. The first-order valence-corrected chi connectivity index (χ1v) is 12.3. The van der Waals surface area contributed by atoms with Crippen LogP contribution in [0.2, 0.25) is 0 Å². The molecule has 1 N–H and O–H groups in total. The van der Waals surface area contributed by atoms with Gasteiger partial charge >= 0.3 is 5.97 Å². The van der Waals surface area contributed by atoms with Crippen LogP contribution in [0.3, 0.4) is 0 Å². The number of carbonyl (C=O) groups is 1. The van der Waals surface area contributed by atoms with Crippen LogP contribution >= 0.6 is 0 Å². The molecule has 3 rings (SSSR count). The molecule has 0 amide bonds. The van der Waals surface area contributed by atoms with Crippen LogP contribution in [0, 0.1) is 5.92 Å². The Morgan fingerprint density at radius 1 is 0.868 bits per heavy atom. The molecule has 0 aliphatic heterocycles. The van der Waals surface area contributed by atoms with Crippen molar-refractivity contribution in [2.24, 2.45) is 5.92 Å². The lowest BCUT2D eigenvalue weighted by Gasteiger charge is -2.41. The number of hydrogen-bond donors (Lipinski definition) is 1. The summed E-state index contributed by atoms with van der Waals surface area (Å²) in [5, 5.41) is 12.0. The van der Waals surface area contributed by atoms with Crippen LogP contribution in [0.15, 0.2) is 23.8 Å². The second-order valence-corrected chi connectivity index (χ2v) is 9.38. The zero-order chi connectivity index (χ0) is 28.4.